The van der Waals surface area contributed by atoms with Crippen LogP contribution >= 0.6 is 15.9 Å². The summed E-state index contributed by atoms with van der Waals surface area (Å²) in [6, 6.07) is 13.6. The van der Waals surface area contributed by atoms with Gasteiger partial charge in [0, 0.05) is 10.0 Å². The molecule has 1 aliphatic heterocycles. The number of benzene rings is 2. The first-order valence-electron chi connectivity index (χ1n) is 8.88. The van der Waals surface area contributed by atoms with E-state index in [1.54, 1.807) is 48.5 Å². The van der Waals surface area contributed by atoms with Crippen molar-refractivity contribution in [2.75, 3.05) is 0 Å². The van der Waals surface area contributed by atoms with Crippen molar-refractivity contribution in [2.45, 2.75) is 12.6 Å². The number of amides is 1. The molecule has 2 aromatic heterocycles. The first-order chi connectivity index (χ1) is 14.0. The minimum absolute atomic E-state index is 0.0652. The van der Waals surface area contributed by atoms with Crippen LogP contribution in [0.1, 0.15) is 33.5 Å². The fraction of sp³-hybridized carbons (Fsp3) is 0.0909. The van der Waals surface area contributed by atoms with Gasteiger partial charge in [-0.15, -0.1) is 0 Å². The zero-order valence-corrected chi connectivity index (χ0v) is 16.5. The van der Waals surface area contributed by atoms with E-state index in [-0.39, 0.29) is 28.9 Å². The monoisotopic (exact) mass is 453 g/mol. The minimum Gasteiger partial charge on any atom is -0.467 e. The van der Waals surface area contributed by atoms with Gasteiger partial charge in [0.05, 0.1) is 29.8 Å². The number of halogens is 2. The normalized spacial score (nSPS) is 15.9. The molecule has 0 saturated carbocycles. The van der Waals surface area contributed by atoms with Crippen LogP contribution in [0.25, 0.3) is 11.0 Å². The van der Waals surface area contributed by atoms with Gasteiger partial charge in [-0.05, 0) is 36.4 Å². The van der Waals surface area contributed by atoms with E-state index >= 15 is 0 Å². The predicted octanol–water partition coefficient (Wildman–Crippen LogP) is 5.03. The van der Waals surface area contributed by atoms with Crippen molar-refractivity contribution < 1.29 is 18.0 Å². The van der Waals surface area contributed by atoms with Crippen LogP contribution in [0.5, 0.6) is 0 Å². The lowest BCUT2D eigenvalue weighted by atomic mass is 9.98. The van der Waals surface area contributed by atoms with E-state index in [2.05, 4.69) is 15.9 Å². The van der Waals surface area contributed by atoms with E-state index < -0.39 is 17.8 Å². The molecule has 1 unspecified atom stereocenters. The smallest absolute Gasteiger partial charge is 0.291 e. The van der Waals surface area contributed by atoms with Gasteiger partial charge in [-0.25, -0.2) is 4.39 Å². The first kappa shape index (κ1) is 17.9. The second-order valence-corrected chi connectivity index (χ2v) is 7.67. The molecule has 0 spiro atoms. The highest BCUT2D eigenvalue weighted by atomic mass is 79.9. The summed E-state index contributed by atoms with van der Waals surface area (Å²) in [6.45, 7) is 0.0779. The predicted molar refractivity (Wildman–Crippen MR) is 107 cm³/mol. The van der Waals surface area contributed by atoms with Gasteiger partial charge in [0.25, 0.3) is 5.91 Å². The number of hydrogen-bond donors (Lipinski definition) is 0. The van der Waals surface area contributed by atoms with Crippen molar-refractivity contribution in [3.63, 3.8) is 0 Å². The van der Waals surface area contributed by atoms with E-state index in [1.165, 1.54) is 17.2 Å². The molecular weight excluding hydrogens is 441 g/mol. The van der Waals surface area contributed by atoms with Crippen molar-refractivity contribution in [3.8, 4) is 0 Å². The van der Waals surface area contributed by atoms with Crippen LogP contribution < -0.4 is 5.43 Å². The van der Waals surface area contributed by atoms with Crippen LogP contribution in [0.15, 0.2) is 79.0 Å². The fourth-order valence-corrected chi connectivity index (χ4v) is 4.11. The van der Waals surface area contributed by atoms with Crippen molar-refractivity contribution in [1.29, 1.82) is 0 Å². The van der Waals surface area contributed by atoms with Gasteiger partial charge in [-0.3, -0.25) is 9.59 Å². The molecule has 3 heterocycles. The number of nitrogens with zero attached hydrogens (tertiary/aromatic N) is 1. The van der Waals surface area contributed by atoms with E-state index in [0.29, 0.717) is 21.2 Å². The number of fused-ring (bicyclic) bond motifs is 2. The number of hydrogen-bond acceptors (Lipinski definition) is 4. The molecule has 5 rings (SSSR count). The Morgan fingerprint density at radius 1 is 1.07 bits per heavy atom. The van der Waals surface area contributed by atoms with Gasteiger partial charge < -0.3 is 13.7 Å². The Morgan fingerprint density at radius 2 is 1.90 bits per heavy atom. The lowest BCUT2D eigenvalue weighted by Crippen LogP contribution is -2.29. The molecule has 7 heteroatoms. The average molecular weight is 454 g/mol. The fourth-order valence-electron chi connectivity index (χ4n) is 3.75. The van der Waals surface area contributed by atoms with Crippen molar-refractivity contribution >= 4 is 32.8 Å². The van der Waals surface area contributed by atoms with E-state index in [4.69, 9.17) is 8.83 Å². The van der Waals surface area contributed by atoms with Crippen LogP contribution in [0.4, 0.5) is 4.39 Å². The molecule has 0 bridgehead atoms. The average Bonchev–Trinajstić information content (AvgIpc) is 3.31. The first-order valence-corrected chi connectivity index (χ1v) is 9.68. The molecule has 144 valence electrons. The van der Waals surface area contributed by atoms with Gasteiger partial charge in [0.2, 0.25) is 5.76 Å². The number of rotatable bonds is 3. The highest BCUT2D eigenvalue weighted by Gasteiger charge is 2.44. The molecule has 1 aliphatic rings. The summed E-state index contributed by atoms with van der Waals surface area (Å²) in [5.74, 6) is -0.528. The second-order valence-electron chi connectivity index (χ2n) is 6.75. The third-order valence-electron chi connectivity index (χ3n) is 5.03. The molecule has 0 N–H and O–H groups in total. The molecule has 1 atom stereocenters. The number of furan rings is 1. The Kier molecular flexibility index (Phi) is 4.13. The molecule has 0 fully saturated rings. The second kappa shape index (κ2) is 6.70. The molecule has 29 heavy (non-hydrogen) atoms. The van der Waals surface area contributed by atoms with E-state index in [0.717, 1.165) is 0 Å². The lowest BCUT2D eigenvalue weighted by Gasteiger charge is -2.24. The SMILES string of the molecule is O=C1c2oc3ccc(Br)cc3c(=O)c2C(c2ccccc2F)N1Cc1ccco1. The molecule has 0 aliphatic carbocycles. The maximum atomic E-state index is 14.7. The Balaban J connectivity index is 1.78. The topological polar surface area (TPSA) is 63.7 Å². The van der Waals surface area contributed by atoms with Crippen LogP contribution in [-0.2, 0) is 6.54 Å². The standard InChI is InChI=1S/C22H13BrFNO4/c23-12-7-8-17-15(10-12)20(26)18-19(14-5-1-2-6-16(14)24)25(22(27)21(18)29-17)11-13-4-3-9-28-13/h1-10,19H,11H2. The molecule has 0 radical (unpaired) electrons. The highest BCUT2D eigenvalue weighted by molar-refractivity contribution is 9.10. The molecule has 0 saturated heterocycles. The van der Waals surface area contributed by atoms with Gasteiger partial charge in [-0.2, -0.15) is 0 Å². The molecular formula is C22H13BrFNO4. The summed E-state index contributed by atoms with van der Waals surface area (Å²) in [4.78, 5) is 28.0. The van der Waals surface area contributed by atoms with Gasteiger partial charge in [0.1, 0.15) is 17.2 Å². The third-order valence-corrected chi connectivity index (χ3v) is 5.53. The molecule has 4 aromatic rings. The molecule has 1 amide bonds. The largest absolute Gasteiger partial charge is 0.467 e. The van der Waals surface area contributed by atoms with E-state index in [1.807, 2.05) is 0 Å². The molecule has 2 aromatic carbocycles. The van der Waals surface area contributed by atoms with Gasteiger partial charge in [-0.1, -0.05) is 34.1 Å². The van der Waals surface area contributed by atoms with Crippen LogP contribution in [0.2, 0.25) is 0 Å². The Bertz CT molecular complexity index is 1310. The number of carbonyl (C=O) groups excluding carboxylic acids is 1. The zero-order valence-electron chi connectivity index (χ0n) is 14.9. The van der Waals surface area contributed by atoms with Crippen molar-refractivity contribution in [2.24, 2.45) is 0 Å². The highest BCUT2D eigenvalue weighted by Crippen LogP contribution is 2.40. The maximum absolute atomic E-state index is 14.7. The van der Waals surface area contributed by atoms with Gasteiger partial charge >= 0.3 is 0 Å². The summed E-state index contributed by atoms with van der Waals surface area (Å²) in [5.41, 5.74) is 0.314. The summed E-state index contributed by atoms with van der Waals surface area (Å²) in [5, 5.41) is 0.326. The molecule has 5 nitrogen and oxygen atoms in total. The van der Waals surface area contributed by atoms with Crippen molar-refractivity contribution in [1.82, 2.24) is 4.90 Å². The zero-order chi connectivity index (χ0) is 20.1. The maximum Gasteiger partial charge on any atom is 0.291 e. The third kappa shape index (κ3) is 2.81. The Morgan fingerprint density at radius 3 is 2.66 bits per heavy atom. The summed E-state index contributed by atoms with van der Waals surface area (Å²) in [6.07, 6.45) is 1.50. The Hall–Kier alpha value is -3.19. The summed E-state index contributed by atoms with van der Waals surface area (Å²) in [7, 11) is 0. The Labute approximate surface area is 172 Å². The summed E-state index contributed by atoms with van der Waals surface area (Å²) < 4.78 is 26.6. The van der Waals surface area contributed by atoms with Gasteiger partial charge in [0.15, 0.2) is 5.43 Å². The van der Waals surface area contributed by atoms with Crippen molar-refractivity contribution in [3.05, 3.63) is 104 Å². The van der Waals surface area contributed by atoms with Crippen LogP contribution in [0.3, 0.4) is 0 Å². The van der Waals surface area contributed by atoms with Crippen LogP contribution in [-0.4, -0.2) is 10.8 Å². The van der Waals surface area contributed by atoms with E-state index in [9.17, 15) is 14.0 Å². The lowest BCUT2D eigenvalue weighted by molar-refractivity contribution is 0.0699. The summed E-state index contributed by atoms with van der Waals surface area (Å²) >= 11 is 3.35. The van der Waals surface area contributed by atoms with Crippen LogP contribution in [0, 0.1) is 5.82 Å². The minimum atomic E-state index is -0.913. The number of carbonyl (C=O) groups is 1. The quantitative estimate of drug-likeness (QED) is 0.436.